The molecule has 2 amide bonds. The van der Waals surface area contributed by atoms with E-state index in [1.54, 1.807) is 36.1 Å². The van der Waals surface area contributed by atoms with E-state index >= 15 is 0 Å². The molecule has 1 N–H and O–H groups in total. The van der Waals surface area contributed by atoms with Crippen molar-refractivity contribution < 1.29 is 14.3 Å². The molecule has 4 rings (SSSR count). The van der Waals surface area contributed by atoms with Crippen LogP contribution >= 0.6 is 11.6 Å². The quantitative estimate of drug-likeness (QED) is 0.408. The Hall–Kier alpha value is -2.79. The Kier molecular flexibility index (Phi) is 7.00. The molecule has 36 heavy (non-hydrogen) atoms. The predicted octanol–water partition coefficient (Wildman–Crippen LogP) is 7.62. The molecule has 1 unspecified atom stereocenters. The first-order valence-electron chi connectivity index (χ1n) is 12.8. The number of hydrogen-bond acceptors (Lipinski definition) is 3. The molecule has 1 atom stereocenters. The molecule has 0 spiro atoms. The summed E-state index contributed by atoms with van der Waals surface area (Å²) in [5.74, 6) is -0.371. The molecule has 6 heteroatoms. The van der Waals surface area contributed by atoms with E-state index in [4.69, 9.17) is 16.3 Å². The highest BCUT2D eigenvalue weighted by Gasteiger charge is 2.53. The summed E-state index contributed by atoms with van der Waals surface area (Å²) < 4.78 is 5.08. The normalized spacial score (nSPS) is 21.0. The highest BCUT2D eigenvalue weighted by molar-refractivity contribution is 6.31. The third-order valence-electron chi connectivity index (χ3n) is 7.46. The van der Waals surface area contributed by atoms with Gasteiger partial charge in [-0.2, -0.15) is 0 Å². The minimum Gasteiger partial charge on any atom is -0.462 e. The van der Waals surface area contributed by atoms with Crippen LogP contribution in [0.15, 0.2) is 54.2 Å². The number of anilines is 1. The van der Waals surface area contributed by atoms with E-state index in [9.17, 15) is 9.59 Å². The van der Waals surface area contributed by atoms with Gasteiger partial charge in [-0.05, 0) is 90.5 Å². The maximum Gasteiger partial charge on any atom is 0.338 e. The predicted molar refractivity (Wildman–Crippen MR) is 145 cm³/mol. The van der Waals surface area contributed by atoms with Gasteiger partial charge < -0.3 is 10.1 Å². The van der Waals surface area contributed by atoms with Crippen LogP contribution in [-0.4, -0.2) is 18.6 Å². The standard InChI is InChI=1S/C30H37ClN2O3/c1-7-36-26(34)21-9-12-23(13-10-21)33-19-25-29(5,6)16-17-30(25,32-27(33)35)22-11-8-20(24(31)18-22)14-15-28(2,3)4/h8-13,18-19H,7,14-17H2,1-6H3,(H,32,35). The largest absolute Gasteiger partial charge is 0.462 e. The van der Waals surface area contributed by atoms with Crippen LogP contribution < -0.4 is 10.2 Å². The Morgan fingerprint density at radius 3 is 2.42 bits per heavy atom. The van der Waals surface area contributed by atoms with Gasteiger partial charge in [-0.25, -0.2) is 9.59 Å². The van der Waals surface area contributed by atoms with Gasteiger partial charge in [-0.15, -0.1) is 0 Å². The Morgan fingerprint density at radius 1 is 1.11 bits per heavy atom. The van der Waals surface area contributed by atoms with Gasteiger partial charge in [0.25, 0.3) is 0 Å². The summed E-state index contributed by atoms with van der Waals surface area (Å²) in [4.78, 5) is 27.1. The van der Waals surface area contributed by atoms with Crippen LogP contribution in [0, 0.1) is 10.8 Å². The van der Waals surface area contributed by atoms with Gasteiger partial charge in [0.05, 0.1) is 23.4 Å². The van der Waals surface area contributed by atoms with Gasteiger partial charge in [-0.3, -0.25) is 4.90 Å². The van der Waals surface area contributed by atoms with Gasteiger partial charge in [0.2, 0.25) is 0 Å². The minimum atomic E-state index is -0.589. The van der Waals surface area contributed by atoms with Crippen LogP contribution in [0.25, 0.3) is 0 Å². The summed E-state index contributed by atoms with van der Waals surface area (Å²) in [7, 11) is 0. The van der Waals surface area contributed by atoms with Crippen LogP contribution in [0.5, 0.6) is 0 Å². The summed E-state index contributed by atoms with van der Waals surface area (Å²) in [6.07, 6.45) is 5.71. The molecule has 1 fully saturated rings. The Labute approximate surface area is 219 Å². The summed E-state index contributed by atoms with van der Waals surface area (Å²) in [5, 5.41) is 4.09. The second-order valence-corrected chi connectivity index (χ2v) is 12.2. The lowest BCUT2D eigenvalue weighted by molar-refractivity contribution is 0.0526. The minimum absolute atomic E-state index is 0.103. The number of rotatable bonds is 6. The van der Waals surface area contributed by atoms with Crippen LogP contribution in [-0.2, 0) is 16.7 Å². The molecule has 0 aromatic heterocycles. The lowest BCUT2D eigenvalue weighted by Crippen LogP contribution is -2.54. The highest BCUT2D eigenvalue weighted by atomic mass is 35.5. The Bertz CT molecular complexity index is 1190. The average Bonchev–Trinajstić information content (AvgIpc) is 3.08. The van der Waals surface area contributed by atoms with E-state index in [0.29, 0.717) is 17.9 Å². The number of amides is 2. The van der Waals surface area contributed by atoms with E-state index < -0.39 is 5.54 Å². The maximum absolute atomic E-state index is 13.5. The number of fused-ring (bicyclic) bond motifs is 1. The molecule has 1 aliphatic heterocycles. The number of esters is 1. The lowest BCUT2D eigenvalue weighted by Gasteiger charge is -2.42. The third kappa shape index (κ3) is 5.04. The number of carbonyl (C=O) groups is 2. The number of aryl methyl sites for hydroxylation is 1. The van der Waals surface area contributed by atoms with Gasteiger partial charge in [0, 0.05) is 11.2 Å². The van der Waals surface area contributed by atoms with Crippen molar-refractivity contribution in [1.82, 2.24) is 5.32 Å². The molecule has 2 aliphatic rings. The second kappa shape index (κ2) is 9.59. The zero-order valence-corrected chi connectivity index (χ0v) is 23.0. The van der Waals surface area contributed by atoms with Crippen LogP contribution in [0.4, 0.5) is 10.5 Å². The van der Waals surface area contributed by atoms with Crippen molar-refractivity contribution in [2.24, 2.45) is 10.8 Å². The summed E-state index contributed by atoms with van der Waals surface area (Å²) in [5.41, 5.74) is 4.02. The molecule has 2 aromatic carbocycles. The van der Waals surface area contributed by atoms with Crippen molar-refractivity contribution in [3.05, 3.63) is 76.0 Å². The SMILES string of the molecule is CCOC(=O)c1ccc(N2C=C3C(C)(C)CCC3(c3ccc(CCC(C)(C)C)c(Cl)c3)NC2=O)cc1. The molecule has 192 valence electrons. The van der Waals surface area contributed by atoms with E-state index in [2.05, 4.69) is 52.1 Å². The number of carbonyl (C=O) groups excluding carboxylic acids is 2. The van der Waals surface area contributed by atoms with E-state index in [-0.39, 0.29) is 22.8 Å². The van der Waals surface area contributed by atoms with Crippen LogP contribution in [0.2, 0.25) is 5.02 Å². The van der Waals surface area contributed by atoms with E-state index in [1.807, 2.05) is 12.3 Å². The van der Waals surface area contributed by atoms with Gasteiger partial charge in [0.15, 0.2) is 0 Å². The number of nitrogens with one attached hydrogen (secondary N) is 1. The first-order valence-corrected chi connectivity index (χ1v) is 13.1. The third-order valence-corrected chi connectivity index (χ3v) is 7.81. The molecule has 1 heterocycles. The van der Waals surface area contributed by atoms with Gasteiger partial charge in [-0.1, -0.05) is 58.4 Å². The topological polar surface area (TPSA) is 58.6 Å². The first-order chi connectivity index (χ1) is 16.9. The fourth-order valence-electron chi connectivity index (χ4n) is 5.25. The number of ether oxygens (including phenoxy) is 1. The van der Waals surface area contributed by atoms with E-state index in [1.165, 1.54) is 0 Å². The molecule has 1 aliphatic carbocycles. The van der Waals surface area contributed by atoms with E-state index in [0.717, 1.165) is 47.4 Å². The first kappa shape index (κ1) is 26.3. The van der Waals surface area contributed by atoms with Crippen LogP contribution in [0.3, 0.4) is 0 Å². The fraction of sp³-hybridized carbons (Fsp3) is 0.467. The van der Waals surface area contributed by atoms with Gasteiger partial charge in [0.1, 0.15) is 0 Å². The Balaban J connectivity index is 1.68. The zero-order valence-electron chi connectivity index (χ0n) is 22.2. The monoisotopic (exact) mass is 508 g/mol. The van der Waals surface area contributed by atoms with Crippen molar-refractivity contribution in [3.63, 3.8) is 0 Å². The number of halogens is 1. The number of nitrogens with zero attached hydrogens (tertiary/aromatic N) is 1. The fourth-order valence-corrected chi connectivity index (χ4v) is 5.53. The van der Waals surface area contributed by atoms with Gasteiger partial charge >= 0.3 is 12.0 Å². The molecule has 0 radical (unpaired) electrons. The molecule has 0 saturated heterocycles. The van der Waals surface area contributed by atoms with Crippen molar-refractivity contribution in [2.75, 3.05) is 11.5 Å². The van der Waals surface area contributed by atoms with Crippen LogP contribution in [0.1, 0.15) is 82.3 Å². The average molecular weight is 509 g/mol. The van der Waals surface area contributed by atoms with Crippen molar-refractivity contribution in [1.29, 1.82) is 0 Å². The maximum atomic E-state index is 13.5. The van der Waals surface area contributed by atoms with Crippen molar-refractivity contribution >= 4 is 29.3 Å². The number of urea groups is 1. The number of benzene rings is 2. The van der Waals surface area contributed by atoms with Crippen molar-refractivity contribution in [3.8, 4) is 0 Å². The highest BCUT2D eigenvalue weighted by Crippen LogP contribution is 2.55. The molecule has 0 bridgehead atoms. The Morgan fingerprint density at radius 2 is 1.81 bits per heavy atom. The molecular weight excluding hydrogens is 472 g/mol. The number of hydrogen-bond donors (Lipinski definition) is 1. The summed E-state index contributed by atoms with van der Waals surface area (Å²) in [6.45, 7) is 13.2. The smallest absolute Gasteiger partial charge is 0.338 e. The summed E-state index contributed by atoms with van der Waals surface area (Å²) >= 11 is 6.78. The lowest BCUT2D eigenvalue weighted by atomic mass is 9.76. The summed E-state index contributed by atoms with van der Waals surface area (Å²) in [6, 6.07) is 13.0. The zero-order chi connectivity index (χ0) is 26.3. The molecule has 2 aromatic rings. The second-order valence-electron chi connectivity index (χ2n) is 11.8. The molecule has 5 nitrogen and oxygen atoms in total. The van der Waals surface area contributed by atoms with Crippen molar-refractivity contribution in [2.45, 2.75) is 72.8 Å². The molecule has 1 saturated carbocycles. The molecular formula is C30H37ClN2O3.